The van der Waals surface area contributed by atoms with Crippen LogP contribution in [0.4, 0.5) is 24.5 Å². The average molecular weight is 1080 g/mol. The van der Waals surface area contributed by atoms with Crippen molar-refractivity contribution in [1.29, 1.82) is 0 Å². The number of ether oxygens (including phenoxy) is 1. The Kier molecular flexibility index (Phi) is 15.3. The summed E-state index contributed by atoms with van der Waals surface area (Å²) in [6.45, 7) is 11.8. The SMILES string of the molecule is CC(=O)N=[SH]1(O)CCN(C[C@H](C)Nc2ccc(S(=O)(=O)NC(=O)c3ccc(N4CCN(CC5=C(c6ccc(Cl)cc6)CC(C)(C)CC5)CC4)cc3Oc3cnc4[nH]ccc4c3)cc2S(=O)(=O)C(F)(F)F)CC1. The number of pyridine rings is 1. The molecule has 3 aromatic carbocycles. The molecule has 2 saturated heterocycles. The van der Waals surface area contributed by atoms with Gasteiger partial charge in [0.2, 0.25) is 5.91 Å². The number of H-pyrrole nitrogens is 1. The van der Waals surface area contributed by atoms with Gasteiger partial charge in [-0.3, -0.25) is 19.4 Å². The van der Waals surface area contributed by atoms with Crippen molar-refractivity contribution in [2.24, 2.45) is 9.78 Å². The predicted octanol–water partition coefficient (Wildman–Crippen LogP) is 8.41. The Morgan fingerprint density at radius 1 is 0.958 bits per heavy atom. The van der Waals surface area contributed by atoms with Crippen LogP contribution in [0, 0.1) is 5.41 Å². The van der Waals surface area contributed by atoms with Gasteiger partial charge >= 0.3 is 5.51 Å². The van der Waals surface area contributed by atoms with Crippen LogP contribution in [0.5, 0.6) is 11.5 Å². The van der Waals surface area contributed by atoms with Crippen molar-refractivity contribution < 1.29 is 48.9 Å². The van der Waals surface area contributed by atoms with Gasteiger partial charge in [-0.15, -0.1) is 0 Å². The second kappa shape index (κ2) is 20.9. The third-order valence-electron chi connectivity index (χ3n) is 13.2. The lowest BCUT2D eigenvalue weighted by molar-refractivity contribution is -0.115. The number of hydrogen-bond donors (Lipinski definition) is 5. The molecule has 2 aromatic heterocycles. The van der Waals surface area contributed by atoms with Crippen LogP contribution >= 0.6 is 11.6 Å². The van der Waals surface area contributed by atoms with Crippen LogP contribution < -0.4 is 19.7 Å². The highest BCUT2D eigenvalue weighted by atomic mass is 35.5. The van der Waals surface area contributed by atoms with Crippen LogP contribution in [0.25, 0.3) is 16.6 Å². The minimum atomic E-state index is -6.14. The number of carbonyl (C=O) groups excluding carboxylic acids is 2. The van der Waals surface area contributed by atoms with E-state index in [9.17, 15) is 44.1 Å². The minimum Gasteiger partial charge on any atom is -0.455 e. The first kappa shape index (κ1) is 52.9. The van der Waals surface area contributed by atoms with Gasteiger partial charge in [0, 0.05) is 105 Å². The number of piperazine rings is 1. The number of aromatic amines is 1. The molecule has 0 bridgehead atoms. The van der Waals surface area contributed by atoms with E-state index in [1.165, 1.54) is 35.9 Å². The van der Waals surface area contributed by atoms with E-state index < -0.39 is 68.8 Å². The van der Waals surface area contributed by atoms with E-state index in [4.69, 9.17) is 16.3 Å². The number of amides is 2. The lowest BCUT2D eigenvalue weighted by atomic mass is 9.72. The molecule has 2 aliphatic heterocycles. The molecule has 3 aliphatic rings. The zero-order chi connectivity index (χ0) is 51.8. The van der Waals surface area contributed by atoms with Gasteiger partial charge in [0.25, 0.3) is 25.8 Å². The maximum atomic E-state index is 14.2. The number of allylic oxidation sites excluding steroid dienone is 1. The lowest BCUT2D eigenvalue weighted by Crippen LogP contribution is -2.47. The van der Waals surface area contributed by atoms with Crippen LogP contribution in [0.15, 0.2) is 105 Å². The minimum absolute atomic E-state index is 0.0377. The first-order valence-corrected chi connectivity index (χ1v) is 28.8. The molecule has 72 heavy (non-hydrogen) atoms. The predicted molar refractivity (Wildman–Crippen MR) is 275 cm³/mol. The second-order valence-corrected chi connectivity index (χ2v) is 26.3. The van der Waals surface area contributed by atoms with Crippen molar-refractivity contribution in [3.63, 3.8) is 0 Å². The Balaban J connectivity index is 1.02. The number of rotatable bonds is 14. The topological polar surface area (TPSA) is 207 Å². The summed E-state index contributed by atoms with van der Waals surface area (Å²) in [7, 11) is -14.0. The number of thiol groups is 1. The Morgan fingerprint density at radius 3 is 2.35 bits per heavy atom. The Hall–Kier alpha value is -5.36. The molecule has 0 saturated carbocycles. The number of aromatic nitrogens is 2. The van der Waals surface area contributed by atoms with Gasteiger partial charge in [0.05, 0.1) is 22.3 Å². The fourth-order valence-electron chi connectivity index (χ4n) is 9.42. The fraction of sp³-hybridized carbons (Fsp3) is 0.408. The van der Waals surface area contributed by atoms with E-state index in [1.54, 1.807) is 37.4 Å². The van der Waals surface area contributed by atoms with Gasteiger partial charge in [0.1, 0.15) is 22.0 Å². The van der Waals surface area contributed by atoms with Crippen LogP contribution in [0.1, 0.15) is 62.9 Å². The fourth-order valence-corrected chi connectivity index (χ4v) is 13.7. The van der Waals surface area contributed by atoms with Gasteiger partial charge < -0.3 is 24.5 Å². The van der Waals surface area contributed by atoms with Crippen LogP contribution in [0.3, 0.4) is 0 Å². The summed E-state index contributed by atoms with van der Waals surface area (Å²) in [5.74, 6) is -1.03. The van der Waals surface area contributed by atoms with E-state index in [-0.39, 0.29) is 40.5 Å². The Bertz CT molecular complexity index is 3180. The highest BCUT2D eigenvalue weighted by molar-refractivity contribution is 8.00. The third kappa shape index (κ3) is 12.3. The molecule has 8 rings (SSSR count). The number of alkyl halides is 3. The summed E-state index contributed by atoms with van der Waals surface area (Å²) in [4.78, 5) is 37.1. The molecular weight excluding hydrogens is 1020 g/mol. The monoisotopic (exact) mass is 1070 g/mol. The first-order chi connectivity index (χ1) is 33.9. The summed E-state index contributed by atoms with van der Waals surface area (Å²) >= 11 is 6.24. The number of nitrogens with one attached hydrogen (secondary N) is 3. The van der Waals surface area contributed by atoms with E-state index in [2.05, 4.69) is 55.4 Å². The molecule has 16 nitrogen and oxygen atoms in total. The summed E-state index contributed by atoms with van der Waals surface area (Å²) in [5, 5.41) is 4.16. The molecule has 0 radical (unpaired) electrons. The van der Waals surface area contributed by atoms with Crippen molar-refractivity contribution in [1.82, 2.24) is 24.5 Å². The van der Waals surface area contributed by atoms with Crippen molar-refractivity contribution in [3.8, 4) is 11.5 Å². The van der Waals surface area contributed by atoms with Gasteiger partial charge in [0.15, 0.2) is 0 Å². The first-order valence-electron chi connectivity index (χ1n) is 23.4. The zero-order valence-corrected chi connectivity index (χ0v) is 43.5. The summed E-state index contributed by atoms with van der Waals surface area (Å²) < 4.78 is 119. The Labute approximate surface area is 423 Å². The summed E-state index contributed by atoms with van der Waals surface area (Å²) in [6.07, 6.45) is 6.15. The number of carbonyl (C=O) groups is 2. The van der Waals surface area contributed by atoms with Gasteiger partial charge in [-0.1, -0.05) is 53.3 Å². The molecule has 1 atom stereocenters. The number of benzene rings is 3. The van der Waals surface area contributed by atoms with Crippen LogP contribution in [-0.2, 0) is 34.8 Å². The van der Waals surface area contributed by atoms with Gasteiger partial charge in [-0.25, -0.2) is 26.5 Å². The van der Waals surface area contributed by atoms with Crippen molar-refractivity contribution in [3.05, 3.63) is 107 Å². The van der Waals surface area contributed by atoms with Crippen molar-refractivity contribution >= 4 is 81.4 Å². The smallest absolute Gasteiger partial charge is 0.455 e. The maximum Gasteiger partial charge on any atom is 0.501 e. The van der Waals surface area contributed by atoms with Gasteiger partial charge in [-0.05, 0) is 97.3 Å². The summed E-state index contributed by atoms with van der Waals surface area (Å²) in [5.41, 5.74) is -1.19. The van der Waals surface area contributed by atoms with E-state index >= 15 is 0 Å². The number of fused-ring (bicyclic) bond motifs is 1. The molecular formula is C49H58ClF3N8O8S3. The lowest BCUT2D eigenvalue weighted by Gasteiger charge is -2.39. The van der Waals surface area contributed by atoms with E-state index in [0.717, 1.165) is 51.0 Å². The maximum absolute atomic E-state index is 14.2. The third-order valence-corrected chi connectivity index (χ3v) is 18.8. The van der Waals surface area contributed by atoms with Crippen molar-refractivity contribution in [2.45, 2.75) is 68.3 Å². The standard InChI is InChI=1S/C49H58ClF3N8O8S3/c1-32(30-60-21-23-70(64,24-22-60)57-33(2)62)56-43-12-10-40(27-45(43)71(65,66)49(51,52)53)72(67,68)58-47(63)41-11-9-38(26-44(41)69-39-25-35-14-16-54-46(35)55-29-39)61-19-17-59(18-20-61)31-36-13-15-48(3,4)28-42(36)34-5-7-37(50)8-6-34/h5-12,14,16,25-27,29,32,56,70H,13,15,17-24,28,30-31H2,1-4H3,(H,54,55)(H,58,63)(H,57,62,64)/t32-/m0/s1. The largest absolute Gasteiger partial charge is 0.501 e. The normalized spacial score (nSPS) is 18.9. The summed E-state index contributed by atoms with van der Waals surface area (Å²) in [6, 6.07) is 17.6. The number of sulfonamides is 1. The highest BCUT2D eigenvalue weighted by Gasteiger charge is 2.48. The zero-order valence-electron chi connectivity index (χ0n) is 40.2. The molecule has 23 heteroatoms. The number of sulfone groups is 1. The van der Waals surface area contributed by atoms with Crippen molar-refractivity contribution in [2.75, 3.05) is 74.1 Å². The Morgan fingerprint density at radius 2 is 1.67 bits per heavy atom. The van der Waals surface area contributed by atoms with Crippen LogP contribution in [-0.4, -0.2) is 128 Å². The quantitative estimate of drug-likeness (QED) is 0.0664. The van der Waals surface area contributed by atoms with Crippen LogP contribution in [0.2, 0.25) is 5.02 Å². The highest BCUT2D eigenvalue weighted by Crippen LogP contribution is 2.44. The molecule has 0 spiro atoms. The molecule has 2 amide bonds. The molecule has 388 valence electrons. The number of nitrogens with zero attached hydrogens (tertiary/aromatic N) is 5. The average Bonchev–Trinajstić information content (AvgIpc) is 3.78. The second-order valence-electron chi connectivity index (χ2n) is 19.4. The number of anilines is 2. The molecule has 0 unspecified atom stereocenters. The molecule has 5 aromatic rings. The van der Waals surface area contributed by atoms with Gasteiger partial charge in [-0.2, -0.15) is 17.5 Å². The number of hydrogen-bond acceptors (Lipinski definition) is 12. The van der Waals surface area contributed by atoms with E-state index in [1.807, 2.05) is 21.8 Å². The number of halogens is 4. The molecule has 1 aliphatic carbocycles. The van der Waals surface area contributed by atoms with E-state index in [0.29, 0.717) is 54.0 Å². The molecule has 2 fully saturated rings. The molecule has 4 N–H and O–H groups in total. The molecule has 4 heterocycles.